The number of aromatic carboxylic acids is 1. The van der Waals surface area contributed by atoms with Gasteiger partial charge in [0.25, 0.3) is 0 Å². The van der Waals surface area contributed by atoms with Gasteiger partial charge in [0.2, 0.25) is 0 Å². The Kier molecular flexibility index (Phi) is 3.73. The van der Waals surface area contributed by atoms with E-state index in [0.29, 0.717) is 11.3 Å². The quantitative estimate of drug-likeness (QED) is 0.882. The highest BCUT2D eigenvalue weighted by Crippen LogP contribution is 2.27. The maximum absolute atomic E-state index is 11.1. The summed E-state index contributed by atoms with van der Waals surface area (Å²) in [4.78, 5) is 15.3. The highest BCUT2D eigenvalue weighted by atomic mass is 16.4. The number of rotatable bonds is 2. The molecule has 1 aromatic heterocycles. The van der Waals surface area contributed by atoms with Gasteiger partial charge in [0.15, 0.2) is 0 Å². The first-order valence-corrected chi connectivity index (χ1v) is 6.81. The van der Waals surface area contributed by atoms with E-state index in [9.17, 15) is 4.79 Å². The van der Waals surface area contributed by atoms with Gasteiger partial charge in [-0.25, -0.2) is 9.78 Å². The van der Waals surface area contributed by atoms with E-state index in [1.807, 2.05) is 12.1 Å². The van der Waals surface area contributed by atoms with Crippen molar-refractivity contribution in [3.8, 4) is 11.3 Å². The zero-order valence-corrected chi connectivity index (χ0v) is 12.8. The summed E-state index contributed by atoms with van der Waals surface area (Å²) in [5, 5.41) is 9.11. The number of nitrogens with two attached hydrogens (primary N) is 1. The van der Waals surface area contributed by atoms with E-state index < -0.39 is 5.97 Å². The second-order valence-corrected chi connectivity index (χ2v) is 6.22. The number of hydrogen-bond donors (Lipinski definition) is 2. The lowest BCUT2D eigenvalue weighted by atomic mass is 9.86. The maximum Gasteiger partial charge on any atom is 0.339 e. The fourth-order valence-corrected chi connectivity index (χ4v) is 2.26. The number of carbonyl (C=O) groups is 1. The number of nitrogen functional groups attached to an aromatic ring is 1. The van der Waals surface area contributed by atoms with E-state index in [1.165, 1.54) is 5.56 Å². The molecule has 2 aromatic rings. The van der Waals surface area contributed by atoms with Crippen molar-refractivity contribution >= 4 is 11.8 Å². The molecule has 0 aliphatic rings. The lowest BCUT2D eigenvalue weighted by Crippen LogP contribution is -2.10. The van der Waals surface area contributed by atoms with Crippen LogP contribution in [-0.4, -0.2) is 16.1 Å². The predicted octanol–water partition coefficient (Wildman–Crippen LogP) is 3.63. The molecule has 2 rings (SSSR count). The second kappa shape index (κ2) is 5.20. The van der Waals surface area contributed by atoms with Crippen LogP contribution >= 0.6 is 0 Å². The molecule has 0 bridgehead atoms. The van der Waals surface area contributed by atoms with Crippen molar-refractivity contribution in [3.05, 3.63) is 47.0 Å². The standard InChI is InChI=1S/C17H20N2O2/c1-10-9-13(19-15(18)14(10)16(20)21)11-5-7-12(8-6-11)17(2,3)4/h5-9H,1-4H3,(H2,18,19)(H,20,21). The fraction of sp³-hybridized carbons (Fsp3) is 0.294. The van der Waals surface area contributed by atoms with Crippen LogP contribution in [0.1, 0.15) is 42.3 Å². The summed E-state index contributed by atoms with van der Waals surface area (Å²) >= 11 is 0. The molecular weight excluding hydrogens is 264 g/mol. The third-order valence-corrected chi connectivity index (χ3v) is 3.51. The zero-order valence-electron chi connectivity index (χ0n) is 12.8. The lowest BCUT2D eigenvalue weighted by molar-refractivity contribution is 0.0697. The molecule has 1 heterocycles. The van der Waals surface area contributed by atoms with Crippen LogP contribution in [0.4, 0.5) is 5.82 Å². The first kappa shape index (κ1) is 15.0. The Morgan fingerprint density at radius 3 is 2.19 bits per heavy atom. The number of hydrogen-bond acceptors (Lipinski definition) is 3. The number of anilines is 1. The summed E-state index contributed by atoms with van der Waals surface area (Å²) in [6, 6.07) is 9.86. The summed E-state index contributed by atoms with van der Waals surface area (Å²) in [6.07, 6.45) is 0. The van der Waals surface area contributed by atoms with Crippen molar-refractivity contribution < 1.29 is 9.90 Å². The Bertz CT molecular complexity index is 660. The lowest BCUT2D eigenvalue weighted by Gasteiger charge is -2.19. The summed E-state index contributed by atoms with van der Waals surface area (Å²) in [6.45, 7) is 8.20. The van der Waals surface area contributed by atoms with Crippen molar-refractivity contribution in [2.45, 2.75) is 33.1 Å². The van der Waals surface area contributed by atoms with Crippen LogP contribution in [0.3, 0.4) is 0 Å². The minimum Gasteiger partial charge on any atom is -0.478 e. The molecule has 0 saturated carbocycles. The molecule has 21 heavy (non-hydrogen) atoms. The van der Waals surface area contributed by atoms with Crippen molar-refractivity contribution in [2.24, 2.45) is 0 Å². The molecule has 0 aliphatic heterocycles. The molecule has 3 N–H and O–H groups in total. The number of aryl methyl sites for hydroxylation is 1. The van der Waals surface area contributed by atoms with Gasteiger partial charge in [-0.1, -0.05) is 45.0 Å². The number of nitrogens with zero attached hydrogens (tertiary/aromatic N) is 1. The third kappa shape index (κ3) is 3.05. The molecule has 4 nitrogen and oxygen atoms in total. The summed E-state index contributed by atoms with van der Waals surface area (Å²) in [5.74, 6) is -0.996. The van der Waals surface area contributed by atoms with Crippen LogP contribution in [0.2, 0.25) is 0 Å². The van der Waals surface area contributed by atoms with Gasteiger partial charge in [-0.3, -0.25) is 0 Å². The van der Waals surface area contributed by atoms with Crippen molar-refractivity contribution in [2.75, 3.05) is 5.73 Å². The summed E-state index contributed by atoms with van der Waals surface area (Å²) in [5.41, 5.74) is 9.40. The van der Waals surface area contributed by atoms with Gasteiger partial charge < -0.3 is 10.8 Å². The van der Waals surface area contributed by atoms with Crippen LogP contribution < -0.4 is 5.73 Å². The fourth-order valence-electron chi connectivity index (χ4n) is 2.26. The van der Waals surface area contributed by atoms with E-state index in [0.717, 1.165) is 5.56 Å². The summed E-state index contributed by atoms with van der Waals surface area (Å²) in [7, 11) is 0. The van der Waals surface area contributed by atoms with E-state index in [1.54, 1.807) is 13.0 Å². The Morgan fingerprint density at radius 2 is 1.76 bits per heavy atom. The van der Waals surface area contributed by atoms with Gasteiger partial charge in [-0.15, -0.1) is 0 Å². The summed E-state index contributed by atoms with van der Waals surface area (Å²) < 4.78 is 0. The first-order valence-electron chi connectivity index (χ1n) is 6.81. The Hall–Kier alpha value is -2.36. The molecule has 0 unspecified atom stereocenters. The second-order valence-electron chi connectivity index (χ2n) is 6.22. The van der Waals surface area contributed by atoms with Gasteiger partial charge in [0.05, 0.1) is 5.69 Å². The Labute approximate surface area is 124 Å². The highest BCUT2D eigenvalue weighted by molar-refractivity contribution is 5.94. The molecule has 4 heteroatoms. The van der Waals surface area contributed by atoms with Crippen LogP contribution in [0.15, 0.2) is 30.3 Å². The molecule has 0 spiro atoms. The van der Waals surface area contributed by atoms with E-state index in [2.05, 4.69) is 37.9 Å². The molecule has 0 aliphatic carbocycles. The molecule has 1 aromatic carbocycles. The molecule has 0 atom stereocenters. The Balaban J connectivity index is 2.46. The highest BCUT2D eigenvalue weighted by Gasteiger charge is 2.16. The van der Waals surface area contributed by atoms with Crippen molar-refractivity contribution in [3.63, 3.8) is 0 Å². The van der Waals surface area contributed by atoms with Crippen molar-refractivity contribution in [1.29, 1.82) is 0 Å². The van der Waals surface area contributed by atoms with Crippen LogP contribution in [0.5, 0.6) is 0 Å². The monoisotopic (exact) mass is 284 g/mol. The van der Waals surface area contributed by atoms with Crippen molar-refractivity contribution in [1.82, 2.24) is 4.98 Å². The largest absolute Gasteiger partial charge is 0.478 e. The van der Waals surface area contributed by atoms with E-state index in [-0.39, 0.29) is 16.8 Å². The van der Waals surface area contributed by atoms with E-state index >= 15 is 0 Å². The number of carboxylic acid groups (broad SMARTS) is 1. The average Bonchev–Trinajstić information content (AvgIpc) is 2.36. The normalized spacial score (nSPS) is 11.4. The first-order chi connectivity index (χ1) is 9.70. The molecular formula is C17H20N2O2. The predicted molar refractivity (Wildman–Crippen MR) is 84.5 cm³/mol. The third-order valence-electron chi connectivity index (χ3n) is 3.51. The molecule has 0 radical (unpaired) electrons. The number of benzene rings is 1. The molecule has 0 fully saturated rings. The topological polar surface area (TPSA) is 76.2 Å². The van der Waals surface area contributed by atoms with Gasteiger partial charge >= 0.3 is 5.97 Å². The van der Waals surface area contributed by atoms with Gasteiger partial charge in [-0.05, 0) is 29.5 Å². The Morgan fingerprint density at radius 1 is 1.19 bits per heavy atom. The zero-order chi connectivity index (χ0) is 15.8. The van der Waals surface area contributed by atoms with Crippen LogP contribution in [0, 0.1) is 6.92 Å². The number of carboxylic acids is 1. The average molecular weight is 284 g/mol. The van der Waals surface area contributed by atoms with Crippen LogP contribution in [-0.2, 0) is 5.41 Å². The number of aromatic nitrogens is 1. The van der Waals surface area contributed by atoms with Crippen LogP contribution in [0.25, 0.3) is 11.3 Å². The SMILES string of the molecule is Cc1cc(-c2ccc(C(C)(C)C)cc2)nc(N)c1C(=O)O. The molecule has 110 valence electrons. The van der Waals surface area contributed by atoms with Gasteiger partial charge in [-0.2, -0.15) is 0 Å². The number of pyridine rings is 1. The maximum atomic E-state index is 11.1. The minimum atomic E-state index is -1.05. The molecule has 0 amide bonds. The van der Waals surface area contributed by atoms with Gasteiger partial charge in [0.1, 0.15) is 11.4 Å². The minimum absolute atomic E-state index is 0.0531. The smallest absolute Gasteiger partial charge is 0.339 e. The molecule has 0 saturated heterocycles. The van der Waals surface area contributed by atoms with Gasteiger partial charge in [0, 0.05) is 5.56 Å². The van der Waals surface area contributed by atoms with E-state index in [4.69, 9.17) is 10.8 Å².